The predicted molar refractivity (Wildman–Crippen MR) is 84.6 cm³/mol. The Morgan fingerprint density at radius 3 is 2.46 bits per heavy atom. The van der Waals surface area contributed by atoms with Crippen LogP contribution < -0.4 is 10.9 Å². The van der Waals surface area contributed by atoms with Gasteiger partial charge in [0.2, 0.25) is 0 Å². The smallest absolute Gasteiger partial charge is 0.346 e. The van der Waals surface area contributed by atoms with E-state index >= 15 is 0 Å². The van der Waals surface area contributed by atoms with Gasteiger partial charge in [0.1, 0.15) is 5.56 Å². The van der Waals surface area contributed by atoms with E-state index < -0.39 is 34.8 Å². The van der Waals surface area contributed by atoms with E-state index in [9.17, 15) is 22.8 Å². The van der Waals surface area contributed by atoms with Crippen LogP contribution in [0.4, 0.5) is 13.2 Å². The molecule has 2 rings (SSSR count). The molecule has 0 aliphatic rings. The molecule has 7 heteroatoms. The zero-order chi connectivity index (χ0) is 17.9. The normalized spacial score (nSPS) is 12.5. The van der Waals surface area contributed by atoms with Crippen molar-refractivity contribution in [3.8, 4) is 11.3 Å². The van der Waals surface area contributed by atoms with E-state index in [1.54, 1.807) is 30.3 Å². The van der Waals surface area contributed by atoms with Crippen LogP contribution in [0.3, 0.4) is 0 Å². The minimum atomic E-state index is -4.85. The summed E-state index contributed by atoms with van der Waals surface area (Å²) >= 11 is 0. The van der Waals surface area contributed by atoms with Crippen LogP contribution in [0.15, 0.2) is 53.8 Å². The van der Waals surface area contributed by atoms with Crippen molar-refractivity contribution in [1.82, 2.24) is 10.3 Å². The maximum atomic E-state index is 13.4. The number of rotatable bonds is 4. The second-order valence-corrected chi connectivity index (χ2v) is 5.16. The Labute approximate surface area is 136 Å². The molecule has 1 atom stereocenters. The lowest BCUT2D eigenvalue weighted by Gasteiger charge is -2.15. The molecule has 0 bridgehead atoms. The fourth-order valence-corrected chi connectivity index (χ4v) is 2.12. The molecule has 1 aromatic carbocycles. The number of aromatic amines is 1. The van der Waals surface area contributed by atoms with Crippen molar-refractivity contribution >= 4 is 5.91 Å². The zero-order valence-electron chi connectivity index (χ0n) is 12.8. The highest BCUT2D eigenvalue weighted by atomic mass is 19.4. The molecule has 0 saturated heterocycles. The predicted octanol–water partition coefficient (Wildman–Crippen LogP) is 3.37. The summed E-state index contributed by atoms with van der Waals surface area (Å²) in [5.74, 6) is -1.10. The van der Waals surface area contributed by atoms with E-state index in [-0.39, 0.29) is 5.69 Å². The number of carbonyl (C=O) groups is 1. The largest absolute Gasteiger partial charge is 0.417 e. The number of H-pyrrole nitrogens is 1. The molecule has 1 amide bonds. The summed E-state index contributed by atoms with van der Waals surface area (Å²) in [6, 6.07) is 8.28. The SMILES string of the molecule is C=C[C@H](C)NC(=O)c1c(C(F)(F)F)cc(-c2ccccc2)[nH]c1=O. The van der Waals surface area contributed by atoms with Gasteiger partial charge in [-0.25, -0.2) is 0 Å². The third kappa shape index (κ3) is 3.73. The van der Waals surface area contributed by atoms with Crippen LogP contribution >= 0.6 is 0 Å². The van der Waals surface area contributed by atoms with Gasteiger partial charge in [0, 0.05) is 11.7 Å². The first-order valence-electron chi connectivity index (χ1n) is 7.07. The van der Waals surface area contributed by atoms with Gasteiger partial charge in [0.25, 0.3) is 11.5 Å². The minimum absolute atomic E-state index is 0.0127. The summed E-state index contributed by atoms with van der Waals surface area (Å²) in [6.07, 6.45) is -3.50. The van der Waals surface area contributed by atoms with Gasteiger partial charge < -0.3 is 10.3 Å². The van der Waals surface area contributed by atoms with Crippen LogP contribution in [-0.4, -0.2) is 16.9 Å². The zero-order valence-corrected chi connectivity index (χ0v) is 12.8. The van der Waals surface area contributed by atoms with Crippen LogP contribution in [0, 0.1) is 0 Å². The van der Waals surface area contributed by atoms with Crippen LogP contribution in [0.1, 0.15) is 22.8 Å². The number of hydrogen-bond acceptors (Lipinski definition) is 2. The number of alkyl halides is 3. The van der Waals surface area contributed by atoms with Gasteiger partial charge >= 0.3 is 6.18 Å². The number of halogens is 3. The second-order valence-electron chi connectivity index (χ2n) is 5.16. The molecule has 2 aromatic rings. The Morgan fingerprint density at radius 1 is 1.29 bits per heavy atom. The molecule has 0 aliphatic carbocycles. The monoisotopic (exact) mass is 336 g/mol. The van der Waals surface area contributed by atoms with Gasteiger partial charge in [0.05, 0.1) is 5.56 Å². The van der Waals surface area contributed by atoms with Gasteiger partial charge in [-0.15, -0.1) is 6.58 Å². The molecular weight excluding hydrogens is 321 g/mol. The number of hydrogen-bond donors (Lipinski definition) is 2. The maximum absolute atomic E-state index is 13.4. The van der Waals surface area contributed by atoms with E-state index in [1.165, 1.54) is 13.0 Å². The van der Waals surface area contributed by atoms with Crippen molar-refractivity contribution in [2.45, 2.75) is 19.1 Å². The summed E-state index contributed by atoms with van der Waals surface area (Å²) in [5, 5.41) is 2.28. The molecule has 0 radical (unpaired) electrons. The van der Waals surface area contributed by atoms with Crippen molar-refractivity contribution in [2.24, 2.45) is 0 Å². The Balaban J connectivity index is 2.62. The molecule has 0 spiro atoms. The Bertz CT molecular complexity index is 811. The molecular formula is C17H15F3N2O2. The highest BCUT2D eigenvalue weighted by Gasteiger charge is 2.37. The lowest BCUT2D eigenvalue weighted by molar-refractivity contribution is -0.138. The Kier molecular flexibility index (Phi) is 4.92. The van der Waals surface area contributed by atoms with Gasteiger partial charge in [-0.1, -0.05) is 36.4 Å². The van der Waals surface area contributed by atoms with Gasteiger partial charge in [-0.2, -0.15) is 13.2 Å². The number of nitrogens with one attached hydrogen (secondary N) is 2. The first kappa shape index (κ1) is 17.5. The average molecular weight is 336 g/mol. The van der Waals surface area contributed by atoms with Gasteiger partial charge in [0.15, 0.2) is 0 Å². The third-order valence-corrected chi connectivity index (χ3v) is 3.36. The number of benzene rings is 1. The first-order valence-corrected chi connectivity index (χ1v) is 7.07. The van der Waals surface area contributed by atoms with Crippen molar-refractivity contribution in [2.75, 3.05) is 0 Å². The maximum Gasteiger partial charge on any atom is 0.417 e. The van der Waals surface area contributed by atoms with Crippen molar-refractivity contribution in [3.05, 3.63) is 70.5 Å². The molecule has 2 N–H and O–H groups in total. The molecule has 0 fully saturated rings. The summed E-state index contributed by atoms with van der Waals surface area (Å²) in [6.45, 7) is 4.96. The summed E-state index contributed by atoms with van der Waals surface area (Å²) in [4.78, 5) is 26.6. The molecule has 4 nitrogen and oxygen atoms in total. The molecule has 24 heavy (non-hydrogen) atoms. The fourth-order valence-electron chi connectivity index (χ4n) is 2.12. The van der Waals surface area contributed by atoms with E-state index in [2.05, 4.69) is 16.9 Å². The van der Waals surface area contributed by atoms with E-state index in [0.717, 1.165) is 6.07 Å². The minimum Gasteiger partial charge on any atom is -0.346 e. The third-order valence-electron chi connectivity index (χ3n) is 3.36. The second kappa shape index (κ2) is 6.74. The van der Waals surface area contributed by atoms with Gasteiger partial charge in [-0.3, -0.25) is 9.59 Å². The summed E-state index contributed by atoms with van der Waals surface area (Å²) < 4.78 is 40.1. The van der Waals surface area contributed by atoms with Crippen LogP contribution in [-0.2, 0) is 6.18 Å². The Hall–Kier alpha value is -2.83. The van der Waals surface area contributed by atoms with E-state index in [1.807, 2.05) is 0 Å². The molecule has 0 unspecified atom stereocenters. The van der Waals surface area contributed by atoms with Crippen LogP contribution in [0.25, 0.3) is 11.3 Å². The standard InChI is InChI=1S/C17H15F3N2O2/c1-3-10(2)21-15(23)14-12(17(18,19)20)9-13(22-16(14)24)11-7-5-4-6-8-11/h3-10H,1H2,2H3,(H,21,23)(H,22,24)/t10-/m0/s1. The lowest BCUT2D eigenvalue weighted by atomic mass is 10.0. The van der Waals surface area contributed by atoms with Crippen LogP contribution in [0.2, 0.25) is 0 Å². The quantitative estimate of drug-likeness (QED) is 0.841. The number of aromatic nitrogens is 1. The number of amides is 1. The first-order chi connectivity index (χ1) is 11.2. The topological polar surface area (TPSA) is 62.0 Å². The number of pyridine rings is 1. The summed E-state index contributed by atoms with van der Waals surface area (Å²) in [5.41, 5.74) is -2.94. The highest BCUT2D eigenvalue weighted by Crippen LogP contribution is 2.32. The van der Waals surface area contributed by atoms with Crippen molar-refractivity contribution in [1.29, 1.82) is 0 Å². The lowest BCUT2D eigenvalue weighted by Crippen LogP contribution is -2.37. The molecule has 1 heterocycles. The summed E-state index contributed by atoms with van der Waals surface area (Å²) in [7, 11) is 0. The van der Waals surface area contributed by atoms with E-state index in [0.29, 0.717) is 5.56 Å². The van der Waals surface area contributed by atoms with Crippen molar-refractivity contribution in [3.63, 3.8) is 0 Å². The average Bonchev–Trinajstić information content (AvgIpc) is 2.53. The van der Waals surface area contributed by atoms with Crippen molar-refractivity contribution < 1.29 is 18.0 Å². The molecule has 0 saturated carbocycles. The van der Waals surface area contributed by atoms with Crippen LogP contribution in [0.5, 0.6) is 0 Å². The molecule has 126 valence electrons. The highest BCUT2D eigenvalue weighted by molar-refractivity contribution is 5.96. The molecule has 0 aliphatic heterocycles. The number of carbonyl (C=O) groups excluding carboxylic acids is 1. The molecule has 1 aromatic heterocycles. The fraction of sp³-hybridized carbons (Fsp3) is 0.176. The van der Waals surface area contributed by atoms with Gasteiger partial charge in [-0.05, 0) is 18.6 Å². The van der Waals surface area contributed by atoms with E-state index in [4.69, 9.17) is 0 Å². The Morgan fingerprint density at radius 2 is 1.92 bits per heavy atom.